The number of nitrogens with zero attached hydrogens (tertiary/aromatic N) is 1. The minimum atomic E-state index is -1.14. The number of rotatable bonds is 6. The molecule has 30 heavy (non-hydrogen) atoms. The van der Waals surface area contributed by atoms with E-state index in [2.05, 4.69) is 10.6 Å². The van der Waals surface area contributed by atoms with Gasteiger partial charge in [-0.05, 0) is 31.2 Å². The molecule has 0 aromatic heterocycles. The molecule has 2 aromatic carbocycles. The average Bonchev–Trinajstić information content (AvgIpc) is 2.73. The summed E-state index contributed by atoms with van der Waals surface area (Å²) in [6.07, 6.45) is 0. The minimum absolute atomic E-state index is 0.139. The van der Waals surface area contributed by atoms with Crippen LogP contribution in [0.3, 0.4) is 0 Å². The number of carbonyl (C=O) groups is 4. The molecule has 0 bridgehead atoms. The van der Waals surface area contributed by atoms with Crippen molar-refractivity contribution in [2.45, 2.75) is 6.92 Å². The molecule has 0 aliphatic carbocycles. The van der Waals surface area contributed by atoms with Crippen molar-refractivity contribution >= 4 is 35.0 Å². The third-order valence-corrected chi connectivity index (χ3v) is 4.66. The van der Waals surface area contributed by atoms with Gasteiger partial charge in [0.15, 0.2) is 17.3 Å². The Morgan fingerprint density at radius 1 is 1.07 bits per heavy atom. The Morgan fingerprint density at radius 3 is 2.47 bits per heavy atom. The van der Waals surface area contributed by atoms with Gasteiger partial charge in [0.25, 0.3) is 0 Å². The maximum Gasteiger partial charge on any atom is 0.328 e. The van der Waals surface area contributed by atoms with Gasteiger partial charge < -0.3 is 20.1 Å². The van der Waals surface area contributed by atoms with E-state index in [1.165, 1.54) is 39.3 Å². The van der Waals surface area contributed by atoms with E-state index in [9.17, 15) is 19.2 Å². The Labute approximate surface area is 172 Å². The summed E-state index contributed by atoms with van der Waals surface area (Å²) in [5.74, 6) is -1.78. The number of hydrogen-bond donors (Lipinski definition) is 2. The Morgan fingerprint density at radius 2 is 1.80 bits per heavy atom. The molecule has 3 rings (SSSR count). The summed E-state index contributed by atoms with van der Waals surface area (Å²) < 4.78 is 10.4. The Hall–Kier alpha value is -3.88. The monoisotopic (exact) mass is 411 g/mol. The molecule has 1 aliphatic rings. The number of nitrogens with one attached hydrogen (secondary N) is 2. The first-order valence-electron chi connectivity index (χ1n) is 9.11. The fourth-order valence-electron chi connectivity index (χ4n) is 3.07. The zero-order chi connectivity index (χ0) is 21.8. The van der Waals surface area contributed by atoms with E-state index in [-0.39, 0.29) is 18.0 Å². The van der Waals surface area contributed by atoms with E-state index in [1.54, 1.807) is 24.3 Å². The maximum absolute atomic E-state index is 13.0. The first-order valence-corrected chi connectivity index (χ1v) is 9.11. The lowest BCUT2D eigenvalue weighted by Crippen LogP contribution is -2.58. The molecule has 9 heteroatoms. The van der Waals surface area contributed by atoms with E-state index in [1.807, 2.05) is 0 Å². The second kappa shape index (κ2) is 8.64. The normalized spacial score (nSPS) is 16.0. The molecule has 1 fully saturated rings. The largest absolute Gasteiger partial charge is 0.493 e. The molecule has 1 heterocycles. The van der Waals surface area contributed by atoms with Crippen molar-refractivity contribution in [1.29, 1.82) is 0 Å². The van der Waals surface area contributed by atoms with Gasteiger partial charge >= 0.3 is 6.03 Å². The molecule has 1 atom stereocenters. The topological polar surface area (TPSA) is 114 Å². The van der Waals surface area contributed by atoms with Crippen LogP contribution in [0.15, 0.2) is 42.5 Å². The number of methoxy groups -OCH3 is 2. The quantitative estimate of drug-likeness (QED) is 0.557. The molecule has 4 amide bonds. The fourth-order valence-corrected chi connectivity index (χ4v) is 3.07. The minimum Gasteiger partial charge on any atom is -0.493 e. The van der Waals surface area contributed by atoms with Crippen LogP contribution < -0.4 is 25.0 Å². The van der Waals surface area contributed by atoms with Gasteiger partial charge in [0.05, 0.1) is 19.9 Å². The fraction of sp³-hybridized carbons (Fsp3) is 0.238. The summed E-state index contributed by atoms with van der Waals surface area (Å²) in [5, 5.41) is 5.18. The predicted molar refractivity (Wildman–Crippen MR) is 109 cm³/mol. The van der Waals surface area contributed by atoms with E-state index in [0.717, 1.165) is 4.90 Å². The highest BCUT2D eigenvalue weighted by Crippen LogP contribution is 2.32. The maximum atomic E-state index is 13.0. The number of imide groups is 1. The SMILES string of the molecule is COc1ccc(N2C(=O)NCC(C(=O)Nc3cccc(C(C)=O)c3)C2=O)cc1OC. The van der Waals surface area contributed by atoms with Crippen LogP contribution >= 0.6 is 0 Å². The van der Waals surface area contributed by atoms with E-state index < -0.39 is 23.8 Å². The third kappa shape index (κ3) is 4.09. The van der Waals surface area contributed by atoms with Crippen LogP contribution in [0, 0.1) is 5.92 Å². The van der Waals surface area contributed by atoms with Crippen LogP contribution in [0.2, 0.25) is 0 Å². The third-order valence-electron chi connectivity index (χ3n) is 4.66. The average molecular weight is 411 g/mol. The van der Waals surface area contributed by atoms with Crippen molar-refractivity contribution in [1.82, 2.24) is 5.32 Å². The van der Waals surface area contributed by atoms with Crippen LogP contribution in [0.5, 0.6) is 11.5 Å². The van der Waals surface area contributed by atoms with Crippen LogP contribution in [0.1, 0.15) is 17.3 Å². The second-order valence-corrected chi connectivity index (χ2v) is 6.58. The van der Waals surface area contributed by atoms with Crippen molar-refractivity contribution in [2.24, 2.45) is 5.92 Å². The lowest BCUT2D eigenvalue weighted by Gasteiger charge is -2.31. The predicted octanol–water partition coefficient (Wildman–Crippen LogP) is 2.22. The first kappa shape index (κ1) is 20.8. The van der Waals surface area contributed by atoms with E-state index >= 15 is 0 Å². The van der Waals surface area contributed by atoms with Crippen LogP contribution in [-0.2, 0) is 9.59 Å². The number of hydrogen-bond acceptors (Lipinski definition) is 6. The van der Waals surface area contributed by atoms with Gasteiger partial charge in [-0.25, -0.2) is 9.69 Å². The summed E-state index contributed by atoms with van der Waals surface area (Å²) in [7, 11) is 2.91. The molecule has 2 N–H and O–H groups in total. The summed E-state index contributed by atoms with van der Waals surface area (Å²) in [6, 6.07) is 10.3. The molecule has 156 valence electrons. The summed E-state index contributed by atoms with van der Waals surface area (Å²) in [5.41, 5.74) is 1.06. The highest BCUT2D eigenvalue weighted by atomic mass is 16.5. The van der Waals surface area contributed by atoms with Gasteiger partial charge in [0.1, 0.15) is 5.92 Å². The molecule has 0 saturated carbocycles. The number of ether oxygens (including phenoxy) is 2. The van der Waals surface area contributed by atoms with Crippen LogP contribution in [0.4, 0.5) is 16.2 Å². The molecule has 0 spiro atoms. The Bertz CT molecular complexity index is 1020. The van der Waals surface area contributed by atoms with Crippen molar-refractivity contribution in [3.63, 3.8) is 0 Å². The van der Waals surface area contributed by atoms with Gasteiger partial charge in [0, 0.05) is 23.9 Å². The molecule has 0 radical (unpaired) electrons. The second-order valence-electron chi connectivity index (χ2n) is 6.58. The number of anilines is 2. The standard InChI is InChI=1S/C21H21N3O6/c1-12(25)13-5-4-6-14(9-13)23-19(26)16-11-22-21(28)24(20(16)27)15-7-8-17(29-2)18(10-15)30-3/h4-10,16H,11H2,1-3H3,(H,22,28)(H,23,26). The van der Waals surface area contributed by atoms with Gasteiger partial charge in [-0.2, -0.15) is 0 Å². The van der Waals surface area contributed by atoms with Gasteiger partial charge in [-0.1, -0.05) is 12.1 Å². The van der Waals surface area contributed by atoms with Gasteiger partial charge in [-0.3, -0.25) is 14.4 Å². The number of ketones is 1. The number of urea groups is 1. The number of Topliss-reactive ketones (excluding diaryl/α,β-unsaturated/α-hetero) is 1. The van der Waals surface area contributed by atoms with Gasteiger partial charge in [0.2, 0.25) is 11.8 Å². The van der Waals surface area contributed by atoms with Crippen molar-refractivity contribution in [2.75, 3.05) is 31.0 Å². The Balaban J connectivity index is 1.83. The van der Waals surface area contributed by atoms with E-state index in [0.29, 0.717) is 22.7 Å². The molecular weight excluding hydrogens is 390 g/mol. The van der Waals surface area contributed by atoms with Gasteiger partial charge in [-0.15, -0.1) is 0 Å². The van der Waals surface area contributed by atoms with E-state index in [4.69, 9.17) is 9.47 Å². The highest BCUT2D eigenvalue weighted by Gasteiger charge is 2.39. The van der Waals surface area contributed by atoms with Crippen molar-refractivity contribution in [3.8, 4) is 11.5 Å². The number of amides is 4. The zero-order valence-electron chi connectivity index (χ0n) is 16.7. The summed E-state index contributed by atoms with van der Waals surface area (Å²) in [6.45, 7) is 1.28. The molecule has 1 aliphatic heterocycles. The van der Waals surface area contributed by atoms with Crippen LogP contribution in [-0.4, -0.2) is 44.4 Å². The summed E-state index contributed by atoms with van der Waals surface area (Å²) >= 11 is 0. The highest BCUT2D eigenvalue weighted by molar-refractivity contribution is 6.23. The van der Waals surface area contributed by atoms with Crippen LogP contribution in [0.25, 0.3) is 0 Å². The number of benzene rings is 2. The van der Waals surface area contributed by atoms with Crippen molar-refractivity contribution in [3.05, 3.63) is 48.0 Å². The number of carbonyl (C=O) groups excluding carboxylic acids is 4. The Kier molecular flexibility index (Phi) is 6.01. The molecule has 1 unspecified atom stereocenters. The molecule has 9 nitrogen and oxygen atoms in total. The molecule has 1 saturated heterocycles. The van der Waals surface area contributed by atoms with Crippen molar-refractivity contribution < 1.29 is 28.7 Å². The lowest BCUT2D eigenvalue weighted by molar-refractivity contribution is -0.130. The summed E-state index contributed by atoms with van der Waals surface area (Å²) in [4.78, 5) is 50.5. The smallest absolute Gasteiger partial charge is 0.328 e. The lowest BCUT2D eigenvalue weighted by atomic mass is 10.0. The first-order chi connectivity index (χ1) is 14.3. The molecular formula is C21H21N3O6. The molecule has 2 aromatic rings. The zero-order valence-corrected chi connectivity index (χ0v) is 16.7.